The lowest BCUT2D eigenvalue weighted by molar-refractivity contribution is 0.0997. The molecule has 0 radical (unpaired) electrons. The maximum Gasteiger partial charge on any atom is 0.249 e. The molecule has 0 saturated carbocycles. The first-order valence-electron chi connectivity index (χ1n) is 4.93. The molecule has 0 spiro atoms. The summed E-state index contributed by atoms with van der Waals surface area (Å²) in [6.07, 6.45) is 3.51. The molecule has 2 aromatic rings. The molecular formula is C11H12N4OS. The van der Waals surface area contributed by atoms with Gasteiger partial charge in [0.1, 0.15) is 0 Å². The number of carbonyl (C=O) groups excluding carboxylic acids is 1. The van der Waals surface area contributed by atoms with Crippen LogP contribution in [0.25, 0.3) is 0 Å². The molecule has 1 aromatic heterocycles. The second-order valence-corrected chi connectivity index (χ2v) is 4.49. The van der Waals surface area contributed by atoms with Gasteiger partial charge in [0, 0.05) is 25.1 Å². The van der Waals surface area contributed by atoms with Crippen molar-refractivity contribution in [1.29, 1.82) is 0 Å². The highest BCUT2D eigenvalue weighted by Gasteiger charge is 2.14. The van der Waals surface area contributed by atoms with E-state index in [1.54, 1.807) is 24.4 Å². The van der Waals surface area contributed by atoms with Crippen LogP contribution in [0, 0.1) is 0 Å². The summed E-state index contributed by atoms with van der Waals surface area (Å²) >= 11 is 1.33. The maximum absolute atomic E-state index is 11.3. The van der Waals surface area contributed by atoms with Crippen molar-refractivity contribution < 1.29 is 4.79 Å². The molecule has 0 unspecified atom stereocenters. The summed E-state index contributed by atoms with van der Waals surface area (Å²) in [6, 6.07) is 5.10. The van der Waals surface area contributed by atoms with Crippen LogP contribution < -0.4 is 11.5 Å². The van der Waals surface area contributed by atoms with Crippen molar-refractivity contribution in [1.82, 2.24) is 9.55 Å². The van der Waals surface area contributed by atoms with E-state index in [1.807, 2.05) is 17.8 Å². The third-order valence-electron chi connectivity index (χ3n) is 2.28. The number of aryl methyl sites for hydroxylation is 1. The molecule has 4 N–H and O–H groups in total. The Kier molecular flexibility index (Phi) is 3.06. The Morgan fingerprint density at radius 3 is 2.82 bits per heavy atom. The molecule has 1 aromatic carbocycles. The molecule has 88 valence electrons. The molecule has 2 rings (SSSR count). The molecule has 1 amide bonds. The Morgan fingerprint density at radius 1 is 1.47 bits per heavy atom. The monoisotopic (exact) mass is 248 g/mol. The van der Waals surface area contributed by atoms with Crippen molar-refractivity contribution in [3.05, 3.63) is 36.2 Å². The predicted molar refractivity (Wildman–Crippen MR) is 66.7 cm³/mol. The third-order valence-corrected chi connectivity index (χ3v) is 3.52. The topological polar surface area (TPSA) is 86.9 Å². The number of aromatic nitrogens is 2. The van der Waals surface area contributed by atoms with Crippen LogP contribution in [0.2, 0.25) is 0 Å². The fourth-order valence-corrected chi connectivity index (χ4v) is 2.37. The summed E-state index contributed by atoms with van der Waals surface area (Å²) < 4.78 is 1.85. The number of nitrogens with zero attached hydrogens (tertiary/aromatic N) is 2. The van der Waals surface area contributed by atoms with E-state index >= 15 is 0 Å². The first kappa shape index (κ1) is 11.5. The summed E-state index contributed by atoms with van der Waals surface area (Å²) in [5, 5.41) is 0.755. The SMILES string of the molecule is Cn1ccnc1Sc1c(N)cccc1C(N)=O. The Morgan fingerprint density at radius 2 is 2.24 bits per heavy atom. The Balaban J connectivity index is 2.45. The molecule has 0 fully saturated rings. The second kappa shape index (κ2) is 4.50. The molecular weight excluding hydrogens is 236 g/mol. The van der Waals surface area contributed by atoms with E-state index in [1.165, 1.54) is 11.8 Å². The minimum Gasteiger partial charge on any atom is -0.398 e. The van der Waals surface area contributed by atoms with Crippen LogP contribution in [-0.4, -0.2) is 15.5 Å². The Hall–Kier alpha value is -1.95. The van der Waals surface area contributed by atoms with E-state index < -0.39 is 5.91 Å². The lowest BCUT2D eigenvalue weighted by atomic mass is 10.2. The number of anilines is 1. The molecule has 0 saturated heterocycles. The number of nitrogens with two attached hydrogens (primary N) is 2. The van der Waals surface area contributed by atoms with Gasteiger partial charge in [-0.05, 0) is 23.9 Å². The van der Waals surface area contributed by atoms with Crippen LogP contribution in [0.1, 0.15) is 10.4 Å². The van der Waals surface area contributed by atoms with E-state index in [0.29, 0.717) is 16.1 Å². The molecule has 0 bridgehead atoms. The van der Waals surface area contributed by atoms with Crippen molar-refractivity contribution in [3.63, 3.8) is 0 Å². The number of rotatable bonds is 3. The molecule has 0 aliphatic carbocycles. The van der Waals surface area contributed by atoms with Gasteiger partial charge >= 0.3 is 0 Å². The number of hydrogen-bond donors (Lipinski definition) is 2. The fraction of sp³-hybridized carbons (Fsp3) is 0.0909. The van der Waals surface area contributed by atoms with Gasteiger partial charge in [0.05, 0.1) is 10.5 Å². The summed E-state index contributed by atoms with van der Waals surface area (Å²) in [5.74, 6) is -0.492. The second-order valence-electron chi connectivity index (χ2n) is 3.51. The van der Waals surface area contributed by atoms with E-state index in [4.69, 9.17) is 11.5 Å². The quantitative estimate of drug-likeness (QED) is 0.800. The van der Waals surface area contributed by atoms with Gasteiger partial charge < -0.3 is 16.0 Å². The lowest BCUT2D eigenvalue weighted by Crippen LogP contribution is -2.13. The summed E-state index contributed by atoms with van der Waals surface area (Å²) in [4.78, 5) is 16.1. The van der Waals surface area contributed by atoms with Crippen molar-refractivity contribution >= 4 is 23.4 Å². The first-order chi connectivity index (χ1) is 8.09. The van der Waals surface area contributed by atoms with E-state index in [0.717, 1.165) is 5.16 Å². The lowest BCUT2D eigenvalue weighted by Gasteiger charge is -2.08. The van der Waals surface area contributed by atoms with E-state index in [9.17, 15) is 4.79 Å². The normalized spacial score (nSPS) is 10.4. The Bertz CT molecular complexity index is 564. The van der Waals surface area contributed by atoms with Crippen molar-refractivity contribution in [3.8, 4) is 0 Å². The minimum absolute atomic E-state index is 0.415. The highest BCUT2D eigenvalue weighted by molar-refractivity contribution is 7.99. The smallest absolute Gasteiger partial charge is 0.249 e. The molecule has 0 aliphatic heterocycles. The van der Waals surface area contributed by atoms with Crippen molar-refractivity contribution in [2.75, 3.05) is 5.73 Å². The summed E-state index contributed by atoms with van der Waals surface area (Å²) in [7, 11) is 1.87. The van der Waals surface area contributed by atoms with Gasteiger partial charge in [-0.1, -0.05) is 6.07 Å². The van der Waals surface area contributed by atoms with Crippen LogP contribution in [0.5, 0.6) is 0 Å². The summed E-state index contributed by atoms with van der Waals surface area (Å²) in [5.41, 5.74) is 12.1. The zero-order valence-corrected chi connectivity index (χ0v) is 10.1. The molecule has 0 aliphatic rings. The van der Waals surface area contributed by atoms with Crippen LogP contribution in [0.3, 0.4) is 0 Å². The zero-order valence-electron chi connectivity index (χ0n) is 9.25. The number of hydrogen-bond acceptors (Lipinski definition) is 4. The van der Waals surface area contributed by atoms with Gasteiger partial charge in [0.2, 0.25) is 5.91 Å². The summed E-state index contributed by atoms with van der Waals surface area (Å²) in [6.45, 7) is 0. The molecule has 5 nitrogen and oxygen atoms in total. The van der Waals surface area contributed by atoms with Gasteiger partial charge in [0.15, 0.2) is 5.16 Å². The number of imidazole rings is 1. The third kappa shape index (κ3) is 2.26. The zero-order chi connectivity index (χ0) is 12.4. The predicted octanol–water partition coefficient (Wildman–Crippen LogP) is 1.25. The van der Waals surface area contributed by atoms with Crippen LogP contribution in [0.4, 0.5) is 5.69 Å². The van der Waals surface area contributed by atoms with Crippen LogP contribution >= 0.6 is 11.8 Å². The van der Waals surface area contributed by atoms with Gasteiger partial charge in [0.25, 0.3) is 0 Å². The van der Waals surface area contributed by atoms with Crippen LogP contribution in [-0.2, 0) is 7.05 Å². The number of benzene rings is 1. The molecule has 6 heteroatoms. The van der Waals surface area contributed by atoms with Crippen LogP contribution in [0.15, 0.2) is 40.6 Å². The number of carbonyl (C=O) groups is 1. The fourth-order valence-electron chi connectivity index (χ4n) is 1.40. The van der Waals surface area contributed by atoms with E-state index in [2.05, 4.69) is 4.98 Å². The van der Waals surface area contributed by atoms with Crippen molar-refractivity contribution in [2.45, 2.75) is 10.1 Å². The largest absolute Gasteiger partial charge is 0.398 e. The van der Waals surface area contributed by atoms with Gasteiger partial charge in [-0.15, -0.1) is 0 Å². The van der Waals surface area contributed by atoms with Gasteiger partial charge in [-0.2, -0.15) is 0 Å². The number of nitrogen functional groups attached to an aromatic ring is 1. The van der Waals surface area contributed by atoms with Gasteiger partial charge in [-0.3, -0.25) is 4.79 Å². The molecule has 17 heavy (non-hydrogen) atoms. The van der Waals surface area contributed by atoms with Gasteiger partial charge in [-0.25, -0.2) is 4.98 Å². The molecule has 0 atom stereocenters. The van der Waals surface area contributed by atoms with Crippen molar-refractivity contribution in [2.24, 2.45) is 12.8 Å². The minimum atomic E-state index is -0.492. The van der Waals surface area contributed by atoms with E-state index in [-0.39, 0.29) is 0 Å². The highest BCUT2D eigenvalue weighted by Crippen LogP contribution is 2.33. The number of primary amides is 1. The standard InChI is InChI=1S/C11H12N4OS/c1-15-6-5-14-11(15)17-9-7(10(13)16)3-2-4-8(9)12/h2-6H,12H2,1H3,(H2,13,16). The molecule has 1 heterocycles. The first-order valence-corrected chi connectivity index (χ1v) is 5.74. The Labute approximate surface area is 103 Å². The number of amides is 1. The average molecular weight is 248 g/mol. The average Bonchev–Trinajstić information content (AvgIpc) is 2.67. The highest BCUT2D eigenvalue weighted by atomic mass is 32.2. The maximum atomic E-state index is 11.3.